The Bertz CT molecular complexity index is 496. The number of para-hydroxylation sites is 1. The molecule has 0 bridgehead atoms. The lowest BCUT2D eigenvalue weighted by Crippen LogP contribution is -2.32. The lowest BCUT2D eigenvalue weighted by molar-refractivity contribution is -0.0499. The number of benzene rings is 1. The molecule has 8 heteroatoms. The fraction of sp³-hybridized carbons (Fsp3) is 0.333. The highest BCUT2D eigenvalue weighted by Gasteiger charge is 2.48. The number of alkyl halides is 3. The van der Waals surface area contributed by atoms with Crippen molar-refractivity contribution in [2.45, 2.75) is 18.6 Å². The summed E-state index contributed by atoms with van der Waals surface area (Å²) in [5.41, 5.74) is -5.40. The molecule has 0 aromatic heterocycles. The molecule has 3 nitrogen and oxygen atoms in total. The third-order valence-corrected chi connectivity index (χ3v) is 4.71. The van der Waals surface area contributed by atoms with Crippen molar-refractivity contribution in [2.75, 3.05) is 0 Å². The normalized spacial score (nSPS) is 12.8. The number of rotatable bonds is 3. The maximum Gasteiger partial charge on any atom is 0.534 e. The molecule has 0 atom stereocenters. The van der Waals surface area contributed by atoms with Gasteiger partial charge in [0.05, 0.1) is 8.80 Å². The molecule has 0 spiro atoms. The average Bonchev–Trinajstić information content (AvgIpc) is 2.15. The Morgan fingerprint density at radius 1 is 1.18 bits per heavy atom. The summed E-state index contributed by atoms with van der Waals surface area (Å²) in [4.78, 5) is 0. The van der Waals surface area contributed by atoms with Gasteiger partial charge in [-0.15, -0.1) is 0 Å². The Morgan fingerprint density at radius 2 is 1.71 bits per heavy atom. The van der Waals surface area contributed by atoms with E-state index >= 15 is 0 Å². The highest BCUT2D eigenvalue weighted by atomic mass is 32.2. The highest BCUT2D eigenvalue weighted by molar-refractivity contribution is 7.88. The molecule has 0 N–H and O–H groups in total. The predicted molar refractivity (Wildman–Crippen MR) is 60.6 cm³/mol. The molecule has 0 unspecified atom stereocenters. The van der Waals surface area contributed by atoms with Gasteiger partial charge in [-0.1, -0.05) is 31.3 Å². The van der Waals surface area contributed by atoms with Crippen molar-refractivity contribution in [1.82, 2.24) is 0 Å². The van der Waals surface area contributed by atoms with Crippen LogP contribution in [0.15, 0.2) is 24.3 Å². The minimum atomic E-state index is -5.58. The molecule has 0 heterocycles. The van der Waals surface area contributed by atoms with Crippen molar-refractivity contribution in [2.24, 2.45) is 0 Å². The highest BCUT2D eigenvalue weighted by Crippen LogP contribution is 2.26. The van der Waals surface area contributed by atoms with E-state index in [9.17, 15) is 21.6 Å². The monoisotopic (exact) mass is 284 g/mol. The topological polar surface area (TPSA) is 43.4 Å². The van der Waals surface area contributed by atoms with Gasteiger partial charge in [-0.2, -0.15) is 21.6 Å². The first-order valence-electron chi connectivity index (χ1n) is 4.75. The molecule has 0 saturated heterocycles. The van der Waals surface area contributed by atoms with Gasteiger partial charge in [0.2, 0.25) is 0 Å². The quantitative estimate of drug-likeness (QED) is 0.481. The van der Waals surface area contributed by atoms with Crippen LogP contribution in [0.5, 0.6) is 5.75 Å². The Balaban J connectivity index is 3.13. The van der Waals surface area contributed by atoms with Crippen LogP contribution in [0.2, 0.25) is 13.1 Å². The van der Waals surface area contributed by atoms with Crippen LogP contribution in [0.1, 0.15) is 0 Å². The van der Waals surface area contributed by atoms with Gasteiger partial charge in [-0.05, 0) is 11.3 Å². The lowest BCUT2D eigenvalue weighted by atomic mass is 10.3. The van der Waals surface area contributed by atoms with Crippen LogP contribution in [0.25, 0.3) is 0 Å². The fourth-order valence-electron chi connectivity index (χ4n) is 1.20. The van der Waals surface area contributed by atoms with Crippen LogP contribution in [0, 0.1) is 0 Å². The van der Waals surface area contributed by atoms with Crippen molar-refractivity contribution in [3.63, 3.8) is 0 Å². The minimum absolute atomic E-state index is 0.230. The van der Waals surface area contributed by atoms with Gasteiger partial charge in [0, 0.05) is 0 Å². The van der Waals surface area contributed by atoms with Gasteiger partial charge in [0.25, 0.3) is 0 Å². The maximum absolute atomic E-state index is 12.2. The van der Waals surface area contributed by atoms with E-state index in [0.29, 0.717) is 5.19 Å². The van der Waals surface area contributed by atoms with Gasteiger partial charge >= 0.3 is 15.6 Å². The molecule has 0 aliphatic heterocycles. The Morgan fingerprint density at radius 3 is 2.18 bits per heavy atom. The van der Waals surface area contributed by atoms with Crippen molar-refractivity contribution >= 4 is 24.1 Å². The second kappa shape index (κ2) is 4.69. The second-order valence-electron chi connectivity index (χ2n) is 3.68. The van der Waals surface area contributed by atoms with E-state index in [0.717, 1.165) is 0 Å². The van der Waals surface area contributed by atoms with Crippen LogP contribution in [-0.2, 0) is 10.1 Å². The molecule has 0 amide bonds. The van der Waals surface area contributed by atoms with Gasteiger partial charge in [0.1, 0.15) is 5.75 Å². The summed E-state index contributed by atoms with van der Waals surface area (Å²) < 4.78 is 62.3. The zero-order valence-corrected chi connectivity index (χ0v) is 11.1. The largest absolute Gasteiger partial charge is 0.534 e. The Hall–Kier alpha value is -1.02. The van der Waals surface area contributed by atoms with E-state index in [4.69, 9.17) is 0 Å². The summed E-state index contributed by atoms with van der Waals surface area (Å²) in [6.07, 6.45) is 0. The van der Waals surface area contributed by atoms with Gasteiger partial charge < -0.3 is 4.18 Å². The summed E-state index contributed by atoms with van der Waals surface area (Å²) in [5.74, 6) is -0.230. The van der Waals surface area contributed by atoms with Crippen molar-refractivity contribution in [3.8, 4) is 5.75 Å². The van der Waals surface area contributed by atoms with Gasteiger partial charge in [0.15, 0.2) is 0 Å². The van der Waals surface area contributed by atoms with Crippen molar-refractivity contribution in [3.05, 3.63) is 24.3 Å². The van der Waals surface area contributed by atoms with E-state index in [1.165, 1.54) is 12.1 Å². The van der Waals surface area contributed by atoms with Crippen LogP contribution in [-0.4, -0.2) is 22.7 Å². The molecule has 1 aromatic carbocycles. The van der Waals surface area contributed by atoms with E-state index in [-0.39, 0.29) is 5.75 Å². The molecule has 96 valence electrons. The Kier molecular flexibility index (Phi) is 3.87. The standard InChI is InChI=1S/C9H11F3O3SSi/c1-17(2)8-6-4-3-5-7(8)15-16(13,14)9(10,11)12/h3-6,17H,1-2H3. The minimum Gasteiger partial charge on any atom is -0.376 e. The van der Waals surface area contributed by atoms with Crippen LogP contribution in [0.4, 0.5) is 13.2 Å². The van der Waals surface area contributed by atoms with E-state index < -0.39 is 24.4 Å². The molecular weight excluding hydrogens is 273 g/mol. The molecule has 0 aliphatic rings. The number of hydrogen-bond donors (Lipinski definition) is 0. The molecule has 17 heavy (non-hydrogen) atoms. The second-order valence-corrected chi connectivity index (χ2v) is 8.14. The number of hydrogen-bond acceptors (Lipinski definition) is 3. The summed E-state index contributed by atoms with van der Waals surface area (Å²) in [5, 5.41) is 0.542. The third kappa shape index (κ3) is 3.22. The molecule has 1 aromatic rings. The molecule has 0 fully saturated rings. The average molecular weight is 284 g/mol. The first kappa shape index (κ1) is 14.0. The fourth-order valence-corrected chi connectivity index (χ4v) is 2.99. The van der Waals surface area contributed by atoms with E-state index in [1.54, 1.807) is 12.1 Å². The van der Waals surface area contributed by atoms with Crippen LogP contribution < -0.4 is 9.37 Å². The van der Waals surface area contributed by atoms with Crippen LogP contribution in [0.3, 0.4) is 0 Å². The molecule has 0 saturated carbocycles. The predicted octanol–water partition coefficient (Wildman–Crippen LogP) is 1.61. The zero-order chi connectivity index (χ0) is 13.3. The maximum atomic E-state index is 12.2. The lowest BCUT2D eigenvalue weighted by Gasteiger charge is -2.14. The number of halogens is 3. The molecule has 0 aliphatic carbocycles. The summed E-state index contributed by atoms with van der Waals surface area (Å²) in [7, 11) is -7.05. The van der Waals surface area contributed by atoms with E-state index in [2.05, 4.69) is 4.18 Å². The first-order valence-corrected chi connectivity index (χ1v) is 9.04. The molecular formula is C9H11F3O3SSi. The Labute approximate surface area is 98.9 Å². The SMILES string of the molecule is C[SiH](C)c1ccccc1OS(=O)(=O)C(F)(F)F. The van der Waals surface area contributed by atoms with E-state index in [1.807, 2.05) is 13.1 Å². The molecule has 1 rings (SSSR count). The summed E-state index contributed by atoms with van der Waals surface area (Å²) in [6, 6.07) is 5.88. The third-order valence-electron chi connectivity index (χ3n) is 2.02. The van der Waals surface area contributed by atoms with Gasteiger partial charge in [-0.25, -0.2) is 0 Å². The summed E-state index contributed by atoms with van der Waals surface area (Å²) in [6.45, 7) is 3.73. The molecule has 0 radical (unpaired) electrons. The van der Waals surface area contributed by atoms with Crippen LogP contribution >= 0.6 is 0 Å². The zero-order valence-electron chi connectivity index (χ0n) is 9.15. The van der Waals surface area contributed by atoms with Gasteiger partial charge in [-0.3, -0.25) is 0 Å². The summed E-state index contributed by atoms with van der Waals surface area (Å²) >= 11 is 0. The van der Waals surface area contributed by atoms with Crippen molar-refractivity contribution < 1.29 is 25.8 Å². The van der Waals surface area contributed by atoms with Crippen molar-refractivity contribution in [1.29, 1.82) is 0 Å². The smallest absolute Gasteiger partial charge is 0.376 e. The first-order chi connectivity index (χ1) is 7.65.